The molecule has 1 rings (SSSR count). The lowest BCUT2D eigenvalue weighted by Gasteiger charge is -2.05. The second-order valence-electron chi connectivity index (χ2n) is 3.81. The molecule has 2 N–H and O–H groups in total. The van der Waals surface area contributed by atoms with Crippen molar-refractivity contribution in [1.29, 1.82) is 0 Å². The van der Waals surface area contributed by atoms with E-state index in [4.69, 9.17) is 5.73 Å². The zero-order valence-corrected chi connectivity index (χ0v) is 10.7. The second kappa shape index (κ2) is 5.81. The van der Waals surface area contributed by atoms with E-state index in [-0.39, 0.29) is 29.2 Å². The van der Waals surface area contributed by atoms with Crippen LogP contribution < -0.4 is 5.73 Å². The molecule has 100 valence electrons. The molecule has 7 heteroatoms. The van der Waals surface area contributed by atoms with Crippen molar-refractivity contribution < 1.29 is 22.3 Å². The fourth-order valence-electron chi connectivity index (χ4n) is 1.43. The number of rotatable bonds is 5. The molecule has 0 atom stereocenters. The predicted octanol–water partition coefficient (Wildman–Crippen LogP) is 0.886. The third-order valence-corrected chi connectivity index (χ3v) is 3.81. The summed E-state index contributed by atoms with van der Waals surface area (Å²) >= 11 is 0. The summed E-state index contributed by atoms with van der Waals surface area (Å²) < 4.78 is 40.7. The topological polar surface area (TPSA) is 86.5 Å². The molecule has 18 heavy (non-hydrogen) atoms. The molecule has 0 amide bonds. The summed E-state index contributed by atoms with van der Waals surface area (Å²) in [7, 11) is -2.31. The van der Waals surface area contributed by atoms with Crippen molar-refractivity contribution in [2.45, 2.75) is 12.2 Å². The summed E-state index contributed by atoms with van der Waals surface area (Å²) in [6.45, 7) is 0. The molecular formula is C11H14FNO4S. The van der Waals surface area contributed by atoms with E-state index in [9.17, 15) is 17.6 Å². The predicted molar refractivity (Wildman–Crippen MR) is 64.9 cm³/mol. The normalized spacial score (nSPS) is 11.2. The number of nitrogen functional groups attached to an aromatic ring is 1. The van der Waals surface area contributed by atoms with Gasteiger partial charge in [-0.2, -0.15) is 0 Å². The molecular weight excluding hydrogens is 261 g/mol. The van der Waals surface area contributed by atoms with Gasteiger partial charge in [-0.15, -0.1) is 0 Å². The minimum atomic E-state index is -3.50. The molecule has 0 fully saturated rings. The van der Waals surface area contributed by atoms with Crippen LogP contribution in [0.1, 0.15) is 12.0 Å². The first-order chi connectivity index (χ1) is 8.32. The highest BCUT2D eigenvalue weighted by Gasteiger charge is 2.15. The Morgan fingerprint density at radius 1 is 1.39 bits per heavy atom. The van der Waals surface area contributed by atoms with Crippen LogP contribution >= 0.6 is 0 Å². The zero-order valence-electron chi connectivity index (χ0n) is 9.85. The number of methoxy groups -OCH3 is 1. The second-order valence-corrected chi connectivity index (χ2v) is 6.00. The maximum atomic E-state index is 13.0. The molecule has 1 aromatic rings. The summed E-state index contributed by atoms with van der Waals surface area (Å²) in [5.41, 5.74) is 5.83. The van der Waals surface area contributed by atoms with Crippen molar-refractivity contribution in [3.05, 3.63) is 29.6 Å². The maximum absolute atomic E-state index is 13.0. The molecule has 0 aromatic heterocycles. The van der Waals surface area contributed by atoms with Crippen LogP contribution in [0.4, 0.5) is 10.1 Å². The van der Waals surface area contributed by atoms with Crippen LogP contribution in [0.25, 0.3) is 0 Å². The summed E-state index contributed by atoms with van der Waals surface area (Å²) in [6.07, 6.45) is -0.219. The van der Waals surface area contributed by atoms with Gasteiger partial charge < -0.3 is 10.5 Å². The van der Waals surface area contributed by atoms with Crippen LogP contribution in [0.5, 0.6) is 0 Å². The van der Waals surface area contributed by atoms with Crippen molar-refractivity contribution in [3.8, 4) is 0 Å². The van der Waals surface area contributed by atoms with Gasteiger partial charge in [0.05, 0.1) is 25.0 Å². The zero-order chi connectivity index (χ0) is 13.8. The molecule has 5 nitrogen and oxygen atoms in total. The highest BCUT2D eigenvalue weighted by molar-refractivity contribution is 7.90. The number of carbonyl (C=O) groups is 1. The van der Waals surface area contributed by atoms with E-state index in [1.54, 1.807) is 0 Å². The van der Waals surface area contributed by atoms with Crippen LogP contribution in [0.15, 0.2) is 18.2 Å². The van der Waals surface area contributed by atoms with E-state index in [2.05, 4.69) is 4.74 Å². The van der Waals surface area contributed by atoms with Gasteiger partial charge in [0.1, 0.15) is 5.82 Å². The number of halogens is 1. The lowest BCUT2D eigenvalue weighted by molar-refractivity contribution is -0.140. The largest absolute Gasteiger partial charge is 0.469 e. The van der Waals surface area contributed by atoms with E-state index in [1.807, 2.05) is 0 Å². The fourth-order valence-corrected chi connectivity index (χ4v) is 2.72. The number of carbonyl (C=O) groups excluding carboxylic acids is 1. The summed E-state index contributed by atoms with van der Waals surface area (Å²) in [5.74, 6) is -1.88. The minimum absolute atomic E-state index is 0.160. The first-order valence-corrected chi connectivity index (χ1v) is 6.97. The van der Waals surface area contributed by atoms with Gasteiger partial charge in [-0.1, -0.05) is 0 Å². The lowest BCUT2D eigenvalue weighted by Crippen LogP contribution is -2.14. The quantitative estimate of drug-likeness (QED) is 0.637. The summed E-state index contributed by atoms with van der Waals surface area (Å²) in [5, 5.41) is 0. The van der Waals surface area contributed by atoms with Crippen molar-refractivity contribution in [1.82, 2.24) is 0 Å². The Hall–Kier alpha value is -1.63. The highest BCUT2D eigenvalue weighted by Crippen LogP contribution is 2.14. The summed E-state index contributed by atoms with van der Waals surface area (Å²) in [4.78, 5) is 10.9. The van der Waals surface area contributed by atoms with E-state index < -0.39 is 21.6 Å². The summed E-state index contributed by atoms with van der Waals surface area (Å²) in [6, 6.07) is 3.59. The van der Waals surface area contributed by atoms with Gasteiger partial charge in [-0.3, -0.25) is 4.79 Å². The van der Waals surface area contributed by atoms with Gasteiger partial charge in [0.15, 0.2) is 9.84 Å². The molecule has 0 radical (unpaired) electrons. The third kappa shape index (κ3) is 4.70. The first kappa shape index (κ1) is 14.4. The molecule has 0 unspecified atom stereocenters. The van der Waals surface area contributed by atoms with Crippen molar-refractivity contribution in [3.63, 3.8) is 0 Å². The lowest BCUT2D eigenvalue weighted by atomic mass is 10.2. The Bertz CT molecular complexity index is 522. The molecule has 0 aliphatic rings. The van der Waals surface area contributed by atoms with Crippen LogP contribution in [0, 0.1) is 5.82 Å². The van der Waals surface area contributed by atoms with Gasteiger partial charge in [0, 0.05) is 5.69 Å². The van der Waals surface area contributed by atoms with Gasteiger partial charge >= 0.3 is 5.97 Å². The Labute approximate surface area is 105 Å². The van der Waals surface area contributed by atoms with Gasteiger partial charge in [-0.25, -0.2) is 12.8 Å². The van der Waals surface area contributed by atoms with Crippen molar-refractivity contribution in [2.75, 3.05) is 18.6 Å². The highest BCUT2D eigenvalue weighted by atomic mass is 32.2. The van der Waals surface area contributed by atoms with E-state index >= 15 is 0 Å². The van der Waals surface area contributed by atoms with Crippen molar-refractivity contribution in [2.24, 2.45) is 0 Å². The number of hydrogen-bond donors (Lipinski definition) is 1. The van der Waals surface area contributed by atoms with Gasteiger partial charge in [0.2, 0.25) is 0 Å². The molecule has 0 aliphatic heterocycles. The Morgan fingerprint density at radius 2 is 2.06 bits per heavy atom. The molecule has 0 spiro atoms. The molecule has 1 aromatic carbocycles. The monoisotopic (exact) mass is 275 g/mol. The average molecular weight is 275 g/mol. The fraction of sp³-hybridized carbons (Fsp3) is 0.364. The molecule has 0 bridgehead atoms. The SMILES string of the molecule is COC(=O)CCS(=O)(=O)Cc1cc(N)cc(F)c1. The molecule has 0 heterocycles. The van der Waals surface area contributed by atoms with Crippen LogP contribution in [-0.4, -0.2) is 27.2 Å². The molecule has 0 saturated carbocycles. The third-order valence-electron chi connectivity index (χ3n) is 2.21. The molecule has 0 aliphatic carbocycles. The number of sulfone groups is 1. The smallest absolute Gasteiger partial charge is 0.306 e. The maximum Gasteiger partial charge on any atom is 0.306 e. The molecule has 0 saturated heterocycles. The van der Waals surface area contributed by atoms with E-state index in [0.717, 1.165) is 12.1 Å². The van der Waals surface area contributed by atoms with E-state index in [1.165, 1.54) is 13.2 Å². The van der Waals surface area contributed by atoms with Crippen LogP contribution in [0.2, 0.25) is 0 Å². The van der Waals surface area contributed by atoms with E-state index in [0.29, 0.717) is 0 Å². The van der Waals surface area contributed by atoms with Crippen molar-refractivity contribution >= 4 is 21.5 Å². The number of esters is 1. The average Bonchev–Trinajstić information content (AvgIpc) is 2.23. The Balaban J connectivity index is 2.73. The number of ether oxygens (including phenoxy) is 1. The Kier molecular flexibility index (Phi) is 4.66. The van der Waals surface area contributed by atoms with Crippen LogP contribution in [-0.2, 0) is 25.1 Å². The van der Waals surface area contributed by atoms with Crippen LogP contribution in [0.3, 0.4) is 0 Å². The van der Waals surface area contributed by atoms with Gasteiger partial charge in [0.25, 0.3) is 0 Å². The number of nitrogens with two attached hydrogens (primary N) is 1. The first-order valence-electron chi connectivity index (χ1n) is 5.14. The number of benzene rings is 1. The van der Waals surface area contributed by atoms with Gasteiger partial charge in [-0.05, 0) is 23.8 Å². The number of hydrogen-bond acceptors (Lipinski definition) is 5. The standard InChI is InChI=1S/C11H14FNO4S/c1-17-11(14)2-3-18(15,16)7-8-4-9(12)6-10(13)5-8/h4-6H,2-3,7,13H2,1H3. The Morgan fingerprint density at radius 3 is 2.61 bits per heavy atom. The minimum Gasteiger partial charge on any atom is -0.469 e. The number of anilines is 1.